The third kappa shape index (κ3) is 4.04. The lowest BCUT2D eigenvalue weighted by Crippen LogP contribution is -2.62. The van der Waals surface area contributed by atoms with Crippen LogP contribution in [0.25, 0.3) is 10.4 Å². The van der Waals surface area contributed by atoms with Crippen molar-refractivity contribution in [1.29, 1.82) is 0 Å². The van der Waals surface area contributed by atoms with Gasteiger partial charge in [-0.2, -0.15) is 8.78 Å². The maximum atomic E-state index is 12.8. The minimum atomic E-state index is -3.09. The molecule has 4 heterocycles. The lowest BCUT2D eigenvalue weighted by atomic mass is 9.79. The number of carbonyl (C=O) groups is 2. The van der Waals surface area contributed by atoms with Gasteiger partial charge >= 0.3 is 6.43 Å². The van der Waals surface area contributed by atoms with E-state index in [1.807, 2.05) is 0 Å². The number of nitrogens with zero attached hydrogens (tertiary/aromatic N) is 1. The third-order valence-corrected chi connectivity index (χ3v) is 7.07. The van der Waals surface area contributed by atoms with Gasteiger partial charge in [0.1, 0.15) is 0 Å². The second-order valence-electron chi connectivity index (χ2n) is 7.61. The summed E-state index contributed by atoms with van der Waals surface area (Å²) in [7, 11) is 0. The van der Waals surface area contributed by atoms with Crippen molar-refractivity contribution >= 4 is 28.8 Å². The van der Waals surface area contributed by atoms with Gasteiger partial charge in [0, 0.05) is 28.2 Å². The normalized spacial score (nSPS) is 25.8. The molecule has 0 saturated carbocycles. The molecule has 0 aliphatic carbocycles. The summed E-state index contributed by atoms with van der Waals surface area (Å²) in [6.07, 6.45) is -0.860. The molecule has 29 heavy (non-hydrogen) atoms. The van der Waals surface area contributed by atoms with E-state index in [1.165, 1.54) is 11.3 Å². The Hall–Kier alpha value is -2.32. The molecule has 2 bridgehead atoms. The smallest absolute Gasteiger partial charge is 0.315 e. The first-order chi connectivity index (χ1) is 13.9. The van der Waals surface area contributed by atoms with Crippen LogP contribution in [-0.2, 0) is 4.79 Å². The van der Waals surface area contributed by atoms with Gasteiger partial charge in [0.2, 0.25) is 0 Å². The lowest BCUT2D eigenvalue weighted by molar-refractivity contribution is -0.126. The average molecular weight is 419 g/mol. The molecular formula is C21H23F2N3O2S. The Balaban J connectivity index is 1.50. The number of anilines is 1. The SMILES string of the molecule is CC1C(NC(=O)c2ccc(-c3ccccc3NC(=O)C(F)F)s2)C2CCN1CC2. The zero-order valence-corrected chi connectivity index (χ0v) is 16.8. The van der Waals surface area contributed by atoms with Crippen molar-refractivity contribution in [2.24, 2.45) is 5.92 Å². The summed E-state index contributed by atoms with van der Waals surface area (Å²) in [6, 6.07) is 10.8. The zero-order valence-electron chi connectivity index (χ0n) is 16.0. The zero-order chi connectivity index (χ0) is 20.5. The van der Waals surface area contributed by atoms with Gasteiger partial charge in [0.15, 0.2) is 0 Å². The summed E-state index contributed by atoms with van der Waals surface area (Å²) in [4.78, 5) is 28.0. The lowest BCUT2D eigenvalue weighted by Gasteiger charge is -2.49. The van der Waals surface area contributed by atoms with E-state index >= 15 is 0 Å². The third-order valence-electron chi connectivity index (χ3n) is 5.95. The van der Waals surface area contributed by atoms with Gasteiger partial charge < -0.3 is 10.6 Å². The van der Waals surface area contributed by atoms with Crippen molar-refractivity contribution in [1.82, 2.24) is 10.2 Å². The first kappa shape index (κ1) is 20.0. The highest BCUT2D eigenvalue weighted by Crippen LogP contribution is 2.35. The standard InChI is InChI=1S/C21H23F2N3O2S/c1-12-18(13-8-10-26(12)11-9-13)25-20(27)17-7-6-16(29-17)14-4-2-3-5-15(14)24-21(28)19(22)23/h2-7,12-13,18-19H,8-11H2,1H3,(H,24,28)(H,25,27). The summed E-state index contributed by atoms with van der Waals surface area (Å²) >= 11 is 1.29. The maximum Gasteiger partial charge on any atom is 0.315 e. The number of piperidine rings is 3. The molecule has 3 saturated heterocycles. The number of halogens is 2. The summed E-state index contributed by atoms with van der Waals surface area (Å²) in [5.41, 5.74) is 0.916. The molecule has 5 nitrogen and oxygen atoms in total. The van der Waals surface area contributed by atoms with Gasteiger partial charge in [-0.1, -0.05) is 18.2 Å². The summed E-state index contributed by atoms with van der Waals surface area (Å²) in [5.74, 6) is -0.937. The van der Waals surface area contributed by atoms with Crippen LogP contribution in [0.1, 0.15) is 29.4 Å². The minimum absolute atomic E-state index is 0.110. The number of fused-ring (bicyclic) bond motifs is 3. The van der Waals surface area contributed by atoms with Crippen LogP contribution in [0.3, 0.4) is 0 Å². The number of nitrogens with one attached hydrogen (secondary N) is 2. The Labute approximate surface area is 172 Å². The van der Waals surface area contributed by atoms with Crippen molar-refractivity contribution in [3.8, 4) is 10.4 Å². The second-order valence-corrected chi connectivity index (χ2v) is 8.70. The number of carbonyl (C=O) groups excluding carboxylic acids is 2. The molecule has 8 heteroatoms. The first-order valence-corrected chi connectivity index (χ1v) is 10.6. The predicted octanol–water partition coefficient (Wildman–Crippen LogP) is 3.83. The van der Waals surface area contributed by atoms with Gasteiger partial charge in [-0.15, -0.1) is 11.3 Å². The van der Waals surface area contributed by atoms with Crippen molar-refractivity contribution in [3.05, 3.63) is 41.3 Å². The molecule has 2 amide bonds. The fourth-order valence-corrected chi connectivity index (χ4v) is 5.32. The molecule has 2 unspecified atom stereocenters. The van der Waals surface area contributed by atoms with E-state index in [4.69, 9.17) is 0 Å². The number of thiophene rings is 1. The van der Waals surface area contributed by atoms with E-state index in [-0.39, 0.29) is 11.9 Å². The van der Waals surface area contributed by atoms with E-state index < -0.39 is 12.3 Å². The molecule has 2 aromatic rings. The van der Waals surface area contributed by atoms with Crippen molar-refractivity contribution in [2.45, 2.75) is 38.3 Å². The summed E-state index contributed by atoms with van der Waals surface area (Å²) in [5, 5.41) is 5.45. The van der Waals surface area contributed by atoms with E-state index in [0.29, 0.717) is 28.1 Å². The molecule has 5 rings (SSSR count). The quantitative estimate of drug-likeness (QED) is 0.774. The Morgan fingerprint density at radius 3 is 2.55 bits per heavy atom. The number of hydrogen-bond acceptors (Lipinski definition) is 4. The van der Waals surface area contributed by atoms with Crippen LogP contribution in [0.2, 0.25) is 0 Å². The summed E-state index contributed by atoms with van der Waals surface area (Å²) in [6.45, 7) is 4.36. The Kier molecular flexibility index (Phi) is 5.65. The highest BCUT2D eigenvalue weighted by atomic mass is 32.1. The molecule has 0 radical (unpaired) electrons. The molecule has 3 fully saturated rings. The van der Waals surface area contributed by atoms with Gasteiger partial charge in [0.05, 0.1) is 4.88 Å². The van der Waals surface area contributed by atoms with Crippen molar-refractivity contribution in [3.63, 3.8) is 0 Å². The number of benzene rings is 1. The number of hydrogen-bond donors (Lipinski definition) is 2. The van der Waals surface area contributed by atoms with Crippen LogP contribution in [-0.4, -0.2) is 48.3 Å². The summed E-state index contributed by atoms with van der Waals surface area (Å²) < 4.78 is 25.2. The van der Waals surface area contributed by atoms with Crippen LogP contribution >= 0.6 is 11.3 Å². The average Bonchev–Trinajstić information content (AvgIpc) is 3.21. The largest absolute Gasteiger partial charge is 0.347 e. The van der Waals surface area contributed by atoms with Crippen LogP contribution in [0.5, 0.6) is 0 Å². The second kappa shape index (κ2) is 8.20. The van der Waals surface area contributed by atoms with Gasteiger partial charge in [-0.05, 0) is 57.0 Å². The molecule has 3 aliphatic rings. The molecule has 1 aromatic heterocycles. The van der Waals surface area contributed by atoms with Crippen molar-refractivity contribution < 1.29 is 18.4 Å². The van der Waals surface area contributed by atoms with E-state index in [1.54, 1.807) is 36.4 Å². The first-order valence-electron chi connectivity index (χ1n) is 9.77. The number of para-hydroxylation sites is 1. The molecule has 2 atom stereocenters. The molecule has 3 aliphatic heterocycles. The van der Waals surface area contributed by atoms with Crippen LogP contribution in [0, 0.1) is 5.92 Å². The highest BCUT2D eigenvalue weighted by molar-refractivity contribution is 7.17. The highest BCUT2D eigenvalue weighted by Gasteiger charge is 2.40. The molecular weight excluding hydrogens is 396 g/mol. The van der Waals surface area contributed by atoms with Crippen molar-refractivity contribution in [2.75, 3.05) is 18.4 Å². The number of rotatable bonds is 5. The predicted molar refractivity (Wildman–Crippen MR) is 109 cm³/mol. The Morgan fingerprint density at radius 2 is 1.86 bits per heavy atom. The monoisotopic (exact) mass is 419 g/mol. The topological polar surface area (TPSA) is 61.4 Å². The van der Waals surface area contributed by atoms with Gasteiger partial charge in [0.25, 0.3) is 11.8 Å². The van der Waals surface area contributed by atoms with E-state index in [2.05, 4.69) is 22.5 Å². The number of amides is 2. The van der Waals surface area contributed by atoms with Gasteiger partial charge in [-0.3, -0.25) is 14.5 Å². The molecule has 2 N–H and O–H groups in total. The van der Waals surface area contributed by atoms with E-state index in [9.17, 15) is 18.4 Å². The fraction of sp³-hybridized carbons (Fsp3) is 0.429. The fourth-order valence-electron chi connectivity index (χ4n) is 4.37. The van der Waals surface area contributed by atoms with Crippen LogP contribution in [0.15, 0.2) is 36.4 Å². The minimum Gasteiger partial charge on any atom is -0.347 e. The molecule has 0 spiro atoms. The Bertz CT molecular complexity index is 907. The van der Waals surface area contributed by atoms with E-state index in [0.717, 1.165) is 30.8 Å². The van der Waals surface area contributed by atoms with Crippen LogP contribution < -0.4 is 10.6 Å². The Morgan fingerprint density at radius 1 is 1.14 bits per heavy atom. The molecule has 1 aromatic carbocycles. The van der Waals surface area contributed by atoms with Gasteiger partial charge in [-0.25, -0.2) is 0 Å². The molecule has 154 valence electrons. The maximum absolute atomic E-state index is 12.8. The number of alkyl halides is 2. The van der Waals surface area contributed by atoms with Crippen LogP contribution in [0.4, 0.5) is 14.5 Å².